The second-order valence-corrected chi connectivity index (χ2v) is 13.1. The van der Waals surface area contributed by atoms with Crippen molar-refractivity contribution in [1.29, 1.82) is 0 Å². The van der Waals surface area contributed by atoms with Gasteiger partial charge in [0.15, 0.2) is 5.84 Å². The molecule has 51 heavy (non-hydrogen) atoms. The van der Waals surface area contributed by atoms with Crippen molar-refractivity contribution >= 4 is 55.2 Å². The summed E-state index contributed by atoms with van der Waals surface area (Å²) in [5.41, 5.74) is 9.35. The fourth-order valence-electron chi connectivity index (χ4n) is 7.29. The van der Waals surface area contributed by atoms with Gasteiger partial charge in [0, 0.05) is 21.9 Å². The maximum atomic E-state index is 6.53. The highest BCUT2D eigenvalue weighted by Gasteiger charge is 2.24. The van der Waals surface area contributed by atoms with Crippen LogP contribution in [-0.4, -0.2) is 11.7 Å². The van der Waals surface area contributed by atoms with Crippen molar-refractivity contribution in [2.24, 2.45) is 9.98 Å². The van der Waals surface area contributed by atoms with Crippen LogP contribution in [0, 0.1) is 0 Å². The number of fused-ring (bicyclic) bond motifs is 5. The molecular weight excluding hydrogens is 623 g/mol. The third-order valence-corrected chi connectivity index (χ3v) is 9.90. The summed E-state index contributed by atoms with van der Waals surface area (Å²) >= 11 is 0. The summed E-state index contributed by atoms with van der Waals surface area (Å²) in [4.78, 5) is 10.4. The van der Waals surface area contributed by atoms with Crippen molar-refractivity contribution < 1.29 is 4.42 Å². The van der Waals surface area contributed by atoms with E-state index < -0.39 is 0 Å². The zero-order chi connectivity index (χ0) is 33.7. The molecule has 2 heterocycles. The van der Waals surface area contributed by atoms with Crippen molar-refractivity contribution in [2.75, 3.05) is 0 Å². The lowest BCUT2D eigenvalue weighted by atomic mass is 9.99. The molecule has 4 heteroatoms. The van der Waals surface area contributed by atoms with E-state index in [0.717, 1.165) is 61.0 Å². The minimum Gasteiger partial charge on any atom is -0.456 e. The Labute approximate surface area is 295 Å². The monoisotopic (exact) mass is 653 g/mol. The highest BCUT2D eigenvalue weighted by atomic mass is 16.3. The molecule has 0 saturated carbocycles. The van der Waals surface area contributed by atoms with E-state index in [1.807, 2.05) is 24.3 Å². The summed E-state index contributed by atoms with van der Waals surface area (Å²) in [5, 5.41) is 10.5. The molecule has 1 atom stereocenters. The highest BCUT2D eigenvalue weighted by Crippen LogP contribution is 2.36. The molecule has 0 fully saturated rings. The van der Waals surface area contributed by atoms with Gasteiger partial charge in [-0.2, -0.15) is 0 Å². The molecule has 0 radical (unpaired) electrons. The van der Waals surface area contributed by atoms with Crippen LogP contribution in [0.25, 0.3) is 65.7 Å². The van der Waals surface area contributed by atoms with Crippen LogP contribution in [0.5, 0.6) is 0 Å². The maximum absolute atomic E-state index is 6.53. The molecule has 0 bridgehead atoms. The second-order valence-electron chi connectivity index (χ2n) is 13.1. The van der Waals surface area contributed by atoms with Gasteiger partial charge in [-0.3, -0.25) is 0 Å². The van der Waals surface area contributed by atoms with E-state index in [9.17, 15) is 0 Å². The third kappa shape index (κ3) is 5.25. The van der Waals surface area contributed by atoms with Gasteiger partial charge < -0.3 is 9.73 Å². The topological polar surface area (TPSA) is 49.9 Å². The molecule has 240 valence electrons. The largest absolute Gasteiger partial charge is 0.456 e. The summed E-state index contributed by atoms with van der Waals surface area (Å²) in [7, 11) is 0. The normalized spacial score (nSPS) is 14.5. The smallest absolute Gasteiger partial charge is 0.160 e. The summed E-state index contributed by atoms with van der Waals surface area (Å²) in [6, 6.07) is 61.7. The molecule has 1 aromatic heterocycles. The number of aliphatic imine (C=N–C) groups is 2. The summed E-state index contributed by atoms with van der Waals surface area (Å²) in [6.07, 6.45) is -0.308. The predicted molar refractivity (Wildman–Crippen MR) is 211 cm³/mol. The van der Waals surface area contributed by atoms with Crippen LogP contribution in [0.15, 0.2) is 190 Å². The van der Waals surface area contributed by atoms with Crippen molar-refractivity contribution in [3.8, 4) is 22.3 Å². The van der Waals surface area contributed by atoms with Crippen LogP contribution in [0.4, 0.5) is 0 Å². The van der Waals surface area contributed by atoms with Gasteiger partial charge in [0.05, 0.1) is 0 Å². The molecule has 9 aromatic rings. The molecule has 1 unspecified atom stereocenters. The zero-order valence-electron chi connectivity index (χ0n) is 27.6. The number of amidine groups is 2. The van der Waals surface area contributed by atoms with Crippen LogP contribution < -0.4 is 5.32 Å². The Balaban J connectivity index is 1.08. The minimum absolute atomic E-state index is 0.308. The van der Waals surface area contributed by atoms with Crippen LogP contribution >= 0.6 is 0 Å². The molecule has 0 saturated heterocycles. The van der Waals surface area contributed by atoms with Gasteiger partial charge >= 0.3 is 0 Å². The number of benzene rings is 8. The van der Waals surface area contributed by atoms with E-state index in [2.05, 4.69) is 157 Å². The van der Waals surface area contributed by atoms with Crippen LogP contribution in [0.3, 0.4) is 0 Å². The molecule has 0 amide bonds. The van der Waals surface area contributed by atoms with E-state index in [-0.39, 0.29) is 6.17 Å². The van der Waals surface area contributed by atoms with E-state index >= 15 is 0 Å². The number of nitrogens with one attached hydrogen (secondary N) is 1. The van der Waals surface area contributed by atoms with E-state index in [0.29, 0.717) is 5.84 Å². The lowest BCUT2D eigenvalue weighted by molar-refractivity contribution is 0.668. The van der Waals surface area contributed by atoms with Gasteiger partial charge in [0.25, 0.3) is 0 Å². The highest BCUT2D eigenvalue weighted by molar-refractivity contribution is 6.22. The summed E-state index contributed by atoms with van der Waals surface area (Å²) in [5.74, 6) is 1.45. The molecular formula is C47H31N3O. The number of nitrogens with zero attached hydrogens (tertiary/aromatic N) is 2. The first kappa shape index (κ1) is 29.2. The SMILES string of the molecule is c1ccc(-c2ccc3cc(C4=NC(c5cccc6oc7cc(-c8ccc9ccccc9c8)ccc7c56)=NC(c5ccccc5)N4)ccc3c2)cc1. The molecule has 4 nitrogen and oxygen atoms in total. The van der Waals surface area contributed by atoms with E-state index in [1.165, 1.54) is 27.3 Å². The van der Waals surface area contributed by atoms with Crippen molar-refractivity contribution in [3.05, 3.63) is 193 Å². The standard InChI is InChI=1S/C47H31N3O/c1-3-10-30(11-4-1)34-20-21-37-28-39(23-22-35(37)27-34)46-48-45(32-13-5-2-6-14-32)49-47(50-46)41-16-9-17-42-44(41)40-25-24-38(29-43(40)51-42)36-19-18-31-12-7-8-15-33(31)26-36/h1-29,45H,(H,48,49,50). The summed E-state index contributed by atoms with van der Waals surface area (Å²) < 4.78 is 6.53. The van der Waals surface area contributed by atoms with Gasteiger partial charge in [-0.05, 0) is 85.8 Å². The minimum atomic E-state index is -0.308. The maximum Gasteiger partial charge on any atom is 0.160 e. The first-order valence-corrected chi connectivity index (χ1v) is 17.3. The quantitative estimate of drug-likeness (QED) is 0.201. The molecule has 0 aliphatic carbocycles. The molecule has 10 rings (SSSR count). The Kier molecular flexibility index (Phi) is 6.85. The average Bonchev–Trinajstić information content (AvgIpc) is 3.59. The van der Waals surface area contributed by atoms with Crippen LogP contribution in [-0.2, 0) is 0 Å². The van der Waals surface area contributed by atoms with Crippen molar-refractivity contribution in [3.63, 3.8) is 0 Å². The predicted octanol–water partition coefficient (Wildman–Crippen LogP) is 11.7. The van der Waals surface area contributed by atoms with Gasteiger partial charge in [-0.15, -0.1) is 0 Å². The first-order chi connectivity index (χ1) is 25.2. The molecule has 0 spiro atoms. The van der Waals surface area contributed by atoms with E-state index in [4.69, 9.17) is 14.4 Å². The molecule has 1 N–H and O–H groups in total. The van der Waals surface area contributed by atoms with Crippen LogP contribution in [0.2, 0.25) is 0 Å². The number of hydrogen-bond donors (Lipinski definition) is 1. The lowest BCUT2D eigenvalue weighted by Crippen LogP contribution is -2.33. The number of hydrogen-bond acceptors (Lipinski definition) is 4. The van der Waals surface area contributed by atoms with Crippen molar-refractivity contribution in [1.82, 2.24) is 5.32 Å². The van der Waals surface area contributed by atoms with Gasteiger partial charge in [-0.25, -0.2) is 9.98 Å². The van der Waals surface area contributed by atoms with Gasteiger partial charge in [-0.1, -0.05) is 140 Å². The van der Waals surface area contributed by atoms with E-state index in [1.54, 1.807) is 0 Å². The van der Waals surface area contributed by atoms with Gasteiger partial charge in [0.2, 0.25) is 0 Å². The summed E-state index contributed by atoms with van der Waals surface area (Å²) in [6.45, 7) is 0. The average molecular weight is 654 g/mol. The molecule has 1 aliphatic heterocycles. The Hall–Kier alpha value is -6.78. The molecule has 1 aliphatic rings. The third-order valence-electron chi connectivity index (χ3n) is 9.90. The first-order valence-electron chi connectivity index (χ1n) is 17.3. The Bertz CT molecular complexity index is 2830. The molecule has 8 aromatic carbocycles. The van der Waals surface area contributed by atoms with Crippen molar-refractivity contribution in [2.45, 2.75) is 6.17 Å². The number of rotatable bonds is 5. The Morgan fingerprint density at radius 3 is 1.86 bits per heavy atom. The Morgan fingerprint density at radius 2 is 1.06 bits per heavy atom. The number of furan rings is 1. The fourth-order valence-corrected chi connectivity index (χ4v) is 7.29. The Morgan fingerprint density at radius 1 is 0.451 bits per heavy atom. The fraction of sp³-hybridized carbons (Fsp3) is 0.0213. The lowest BCUT2D eigenvalue weighted by Gasteiger charge is -2.24. The van der Waals surface area contributed by atoms with Crippen LogP contribution in [0.1, 0.15) is 22.9 Å². The second kappa shape index (κ2) is 12.0. The van der Waals surface area contributed by atoms with Gasteiger partial charge in [0.1, 0.15) is 23.2 Å². The zero-order valence-corrected chi connectivity index (χ0v) is 27.6.